The van der Waals surface area contributed by atoms with Crippen LogP contribution in [0.1, 0.15) is 12.8 Å². The number of piperidine rings is 1. The molecule has 2 N–H and O–H groups in total. The second-order valence-electron chi connectivity index (χ2n) is 7.54. The van der Waals surface area contributed by atoms with Crippen LogP contribution in [0, 0.1) is 0 Å². The first-order chi connectivity index (χ1) is 14.5. The van der Waals surface area contributed by atoms with Crippen molar-refractivity contribution in [1.29, 1.82) is 0 Å². The summed E-state index contributed by atoms with van der Waals surface area (Å²) in [6.07, 6.45) is 1.36. The van der Waals surface area contributed by atoms with Crippen LogP contribution in [-0.4, -0.2) is 45.1 Å². The Hall–Kier alpha value is -3.55. The second-order valence-corrected chi connectivity index (χ2v) is 7.54. The highest BCUT2D eigenvalue weighted by Crippen LogP contribution is 2.15. The fourth-order valence-electron chi connectivity index (χ4n) is 3.90. The van der Waals surface area contributed by atoms with Crippen molar-refractivity contribution in [2.45, 2.75) is 25.4 Å². The summed E-state index contributed by atoms with van der Waals surface area (Å²) in [5, 5.41) is 5.78. The molecule has 0 unspecified atom stereocenters. The summed E-state index contributed by atoms with van der Waals surface area (Å²) in [5.74, 6) is -0.0827. The summed E-state index contributed by atoms with van der Waals surface area (Å²) in [7, 11) is 1.71. The average Bonchev–Trinajstić information content (AvgIpc) is 3.00. The van der Waals surface area contributed by atoms with E-state index in [1.54, 1.807) is 16.5 Å². The van der Waals surface area contributed by atoms with E-state index in [4.69, 9.17) is 0 Å². The van der Waals surface area contributed by atoms with E-state index in [1.807, 2.05) is 54.6 Å². The molecule has 0 radical (unpaired) electrons. The Balaban J connectivity index is 1.32. The fraction of sp³-hybridized carbons (Fsp3) is 0.318. The number of hydrogen-bond acceptors (Lipinski definition) is 3. The molecular weight excluding hydrogens is 382 g/mol. The Morgan fingerprint density at radius 2 is 1.60 bits per heavy atom. The molecule has 156 valence electrons. The first-order valence-corrected chi connectivity index (χ1v) is 10.1. The molecule has 3 amide bonds. The Kier molecular flexibility index (Phi) is 5.56. The van der Waals surface area contributed by atoms with Crippen LogP contribution in [0.15, 0.2) is 59.4 Å². The summed E-state index contributed by atoms with van der Waals surface area (Å²) in [6.45, 7) is 1.12. The van der Waals surface area contributed by atoms with Crippen LogP contribution in [0.5, 0.6) is 0 Å². The third-order valence-corrected chi connectivity index (χ3v) is 5.56. The minimum absolute atomic E-state index is 0.0121. The minimum atomic E-state index is -0.242. The van der Waals surface area contributed by atoms with Crippen molar-refractivity contribution in [3.63, 3.8) is 0 Å². The molecule has 0 bridgehead atoms. The monoisotopic (exact) mass is 407 g/mol. The SMILES string of the molecule is Cn1c(=O)n(CC(=O)N2CCC(NC(=O)Nc3ccccc3)CC2)c2ccccc21. The van der Waals surface area contributed by atoms with Gasteiger partial charge in [-0.15, -0.1) is 0 Å². The minimum Gasteiger partial charge on any atom is -0.341 e. The van der Waals surface area contributed by atoms with Crippen LogP contribution in [-0.2, 0) is 18.4 Å². The van der Waals surface area contributed by atoms with Crippen molar-refractivity contribution in [3.8, 4) is 0 Å². The number of imidazole rings is 1. The maximum absolute atomic E-state index is 12.8. The summed E-state index contributed by atoms with van der Waals surface area (Å²) < 4.78 is 3.08. The maximum atomic E-state index is 12.8. The Morgan fingerprint density at radius 3 is 2.30 bits per heavy atom. The topological polar surface area (TPSA) is 88.4 Å². The number of nitrogens with zero attached hydrogens (tertiary/aromatic N) is 3. The lowest BCUT2D eigenvalue weighted by Gasteiger charge is -2.32. The van der Waals surface area contributed by atoms with Crippen molar-refractivity contribution in [3.05, 3.63) is 65.1 Å². The summed E-state index contributed by atoms with van der Waals surface area (Å²) in [4.78, 5) is 39.3. The molecule has 0 spiro atoms. The van der Waals surface area contributed by atoms with Crippen molar-refractivity contribution < 1.29 is 9.59 Å². The van der Waals surface area contributed by atoms with Gasteiger partial charge in [-0.05, 0) is 37.1 Å². The van der Waals surface area contributed by atoms with Crippen LogP contribution >= 0.6 is 0 Å². The second kappa shape index (κ2) is 8.44. The van der Waals surface area contributed by atoms with Crippen molar-refractivity contribution in [1.82, 2.24) is 19.4 Å². The summed E-state index contributed by atoms with van der Waals surface area (Å²) >= 11 is 0. The van der Waals surface area contributed by atoms with Gasteiger partial charge in [0.15, 0.2) is 0 Å². The van der Waals surface area contributed by atoms with Gasteiger partial charge in [0.2, 0.25) is 5.91 Å². The van der Waals surface area contributed by atoms with E-state index >= 15 is 0 Å². The Bertz CT molecular complexity index is 1110. The van der Waals surface area contributed by atoms with Crippen LogP contribution in [0.3, 0.4) is 0 Å². The first-order valence-electron chi connectivity index (χ1n) is 10.1. The number of likely N-dealkylation sites (tertiary alicyclic amines) is 1. The van der Waals surface area contributed by atoms with Gasteiger partial charge in [0.05, 0.1) is 11.0 Å². The summed E-state index contributed by atoms with van der Waals surface area (Å²) in [5.41, 5.74) is 2.11. The third-order valence-electron chi connectivity index (χ3n) is 5.56. The molecule has 2 aromatic carbocycles. The quantitative estimate of drug-likeness (QED) is 0.695. The maximum Gasteiger partial charge on any atom is 0.329 e. The highest BCUT2D eigenvalue weighted by atomic mass is 16.2. The zero-order valence-corrected chi connectivity index (χ0v) is 16.9. The molecule has 0 aliphatic carbocycles. The molecule has 1 aliphatic rings. The predicted molar refractivity (Wildman–Crippen MR) is 115 cm³/mol. The number of amides is 3. The highest BCUT2D eigenvalue weighted by molar-refractivity contribution is 5.89. The molecule has 0 atom stereocenters. The number of benzene rings is 2. The van der Waals surface area contributed by atoms with Crippen molar-refractivity contribution in [2.24, 2.45) is 7.05 Å². The first kappa shape index (κ1) is 19.8. The number of carbonyl (C=O) groups is 2. The van der Waals surface area contributed by atoms with Gasteiger partial charge in [-0.3, -0.25) is 13.9 Å². The Morgan fingerprint density at radius 1 is 0.967 bits per heavy atom. The molecular formula is C22H25N5O3. The highest BCUT2D eigenvalue weighted by Gasteiger charge is 2.25. The molecule has 1 aromatic heterocycles. The number of aryl methyl sites for hydroxylation is 1. The largest absolute Gasteiger partial charge is 0.341 e. The third kappa shape index (κ3) is 4.07. The zero-order chi connectivity index (χ0) is 21.1. The van der Waals surface area contributed by atoms with Gasteiger partial charge >= 0.3 is 11.7 Å². The van der Waals surface area contributed by atoms with E-state index in [0.29, 0.717) is 25.9 Å². The molecule has 1 aliphatic heterocycles. The van der Waals surface area contributed by atoms with E-state index in [2.05, 4.69) is 10.6 Å². The molecule has 8 nitrogen and oxygen atoms in total. The molecule has 8 heteroatoms. The number of para-hydroxylation sites is 3. The van der Waals surface area contributed by atoms with Crippen LogP contribution in [0.25, 0.3) is 11.0 Å². The van der Waals surface area contributed by atoms with Gasteiger partial charge in [0, 0.05) is 31.9 Å². The van der Waals surface area contributed by atoms with E-state index in [-0.39, 0.29) is 30.2 Å². The van der Waals surface area contributed by atoms with Crippen LogP contribution in [0.4, 0.5) is 10.5 Å². The smallest absolute Gasteiger partial charge is 0.329 e. The van der Waals surface area contributed by atoms with Crippen LogP contribution in [0.2, 0.25) is 0 Å². The van der Waals surface area contributed by atoms with Gasteiger partial charge in [-0.25, -0.2) is 9.59 Å². The van der Waals surface area contributed by atoms with Crippen molar-refractivity contribution >= 4 is 28.7 Å². The van der Waals surface area contributed by atoms with Gasteiger partial charge in [0.1, 0.15) is 6.54 Å². The zero-order valence-electron chi connectivity index (χ0n) is 16.9. The number of fused-ring (bicyclic) bond motifs is 1. The molecule has 1 saturated heterocycles. The number of aromatic nitrogens is 2. The number of hydrogen-bond donors (Lipinski definition) is 2. The fourth-order valence-corrected chi connectivity index (χ4v) is 3.90. The molecule has 0 saturated carbocycles. The lowest BCUT2D eigenvalue weighted by molar-refractivity contribution is -0.132. The average molecular weight is 407 g/mol. The number of carbonyl (C=O) groups excluding carboxylic acids is 2. The normalized spacial score (nSPS) is 14.6. The Labute approximate surface area is 174 Å². The molecule has 30 heavy (non-hydrogen) atoms. The van der Waals surface area contributed by atoms with Crippen LogP contribution < -0.4 is 16.3 Å². The molecule has 4 rings (SSSR count). The van der Waals surface area contributed by atoms with Gasteiger partial charge in [-0.1, -0.05) is 30.3 Å². The predicted octanol–water partition coefficient (Wildman–Crippen LogP) is 2.15. The molecule has 1 fully saturated rings. The number of rotatable bonds is 4. The standard InChI is InChI=1S/C22H25N5O3/c1-25-18-9-5-6-10-19(18)27(22(25)30)15-20(28)26-13-11-17(12-14-26)24-21(29)23-16-7-3-2-4-8-16/h2-10,17H,11-15H2,1H3,(H2,23,24,29). The number of nitrogens with one attached hydrogen (secondary N) is 2. The molecule has 2 heterocycles. The van der Waals surface area contributed by atoms with E-state index in [0.717, 1.165) is 16.7 Å². The number of anilines is 1. The van der Waals surface area contributed by atoms with E-state index in [9.17, 15) is 14.4 Å². The van der Waals surface area contributed by atoms with Gasteiger partial charge in [-0.2, -0.15) is 0 Å². The van der Waals surface area contributed by atoms with Gasteiger partial charge < -0.3 is 15.5 Å². The van der Waals surface area contributed by atoms with Gasteiger partial charge in [0.25, 0.3) is 0 Å². The van der Waals surface area contributed by atoms with Crippen molar-refractivity contribution in [2.75, 3.05) is 18.4 Å². The van der Waals surface area contributed by atoms with E-state index in [1.165, 1.54) is 4.57 Å². The molecule has 3 aromatic rings. The summed E-state index contributed by atoms with van der Waals surface area (Å²) in [6, 6.07) is 16.5. The lowest BCUT2D eigenvalue weighted by Crippen LogP contribution is -2.48. The van der Waals surface area contributed by atoms with E-state index < -0.39 is 0 Å². The number of urea groups is 1. The lowest BCUT2D eigenvalue weighted by atomic mass is 10.1.